The molecule has 9 nitrogen and oxygen atoms in total. The maximum atomic E-state index is 13.2. The number of hydrogen-bond acceptors (Lipinski definition) is 7. The zero-order valence-corrected chi connectivity index (χ0v) is 18.5. The van der Waals surface area contributed by atoms with Gasteiger partial charge in [0, 0.05) is 30.7 Å². The molecule has 1 spiro atoms. The summed E-state index contributed by atoms with van der Waals surface area (Å²) in [4.78, 5) is 18.1. The van der Waals surface area contributed by atoms with E-state index >= 15 is 0 Å². The molecular formula is C21H21ClN4O5S. The number of sulfonamides is 1. The zero-order chi connectivity index (χ0) is 22.5. The molecule has 3 N–H and O–H groups in total. The van der Waals surface area contributed by atoms with Crippen molar-refractivity contribution in [1.82, 2.24) is 10.5 Å². The normalized spacial score (nSPS) is 17.5. The summed E-state index contributed by atoms with van der Waals surface area (Å²) in [7, 11) is -4.00. The van der Waals surface area contributed by atoms with Crippen LogP contribution in [0.1, 0.15) is 36.2 Å². The minimum Gasteiger partial charge on any atom is -0.451 e. The van der Waals surface area contributed by atoms with Crippen molar-refractivity contribution in [2.75, 3.05) is 22.7 Å². The van der Waals surface area contributed by atoms with Gasteiger partial charge in [-0.15, -0.1) is 0 Å². The molecular weight excluding hydrogens is 456 g/mol. The van der Waals surface area contributed by atoms with E-state index in [9.17, 15) is 13.2 Å². The van der Waals surface area contributed by atoms with Crippen molar-refractivity contribution >= 4 is 50.0 Å². The second-order valence-electron chi connectivity index (χ2n) is 8.41. The highest BCUT2D eigenvalue weighted by atomic mass is 35.5. The summed E-state index contributed by atoms with van der Waals surface area (Å²) in [5.74, 6) is -0.399. The van der Waals surface area contributed by atoms with Gasteiger partial charge in [-0.25, -0.2) is 18.9 Å². The van der Waals surface area contributed by atoms with Crippen molar-refractivity contribution in [3.63, 3.8) is 0 Å². The van der Waals surface area contributed by atoms with E-state index in [1.54, 1.807) is 6.07 Å². The van der Waals surface area contributed by atoms with Gasteiger partial charge in [0.05, 0.1) is 15.6 Å². The van der Waals surface area contributed by atoms with Crippen molar-refractivity contribution in [2.24, 2.45) is 5.41 Å². The number of nitrogens with zero attached hydrogens (tertiary/aromatic N) is 2. The summed E-state index contributed by atoms with van der Waals surface area (Å²) >= 11 is 6.13. The average Bonchev–Trinajstić information content (AvgIpc) is 3.35. The predicted octanol–water partition coefficient (Wildman–Crippen LogP) is 3.78. The Kier molecular flexibility index (Phi) is 5.03. The number of carbonyl (C=O) groups is 1. The number of hydroxylamine groups is 1. The van der Waals surface area contributed by atoms with Gasteiger partial charge in [0.15, 0.2) is 11.6 Å². The highest BCUT2D eigenvalue weighted by Crippen LogP contribution is 2.53. The maximum Gasteiger partial charge on any atom is 0.310 e. The van der Waals surface area contributed by atoms with E-state index in [-0.39, 0.29) is 16.2 Å². The van der Waals surface area contributed by atoms with Crippen LogP contribution in [0.25, 0.3) is 11.0 Å². The van der Waals surface area contributed by atoms with E-state index in [0.29, 0.717) is 27.3 Å². The molecule has 1 aliphatic heterocycles. The number of hydrogen-bond donors (Lipinski definition) is 3. The first-order chi connectivity index (χ1) is 15.3. The predicted molar refractivity (Wildman–Crippen MR) is 119 cm³/mol. The van der Waals surface area contributed by atoms with Crippen LogP contribution < -0.4 is 15.1 Å². The SMILES string of the molecule is O=C(NO)c1cc2ccc(S(=O)(=O)Nc3cc(Cl)cnc3N3CCCC4(CC4)C3)cc2o1. The Bertz CT molecular complexity index is 1320. The van der Waals surface area contributed by atoms with Crippen LogP contribution in [0.15, 0.2) is 45.8 Å². The molecule has 1 saturated carbocycles. The minimum absolute atomic E-state index is 0.0430. The molecule has 2 fully saturated rings. The lowest BCUT2D eigenvalue weighted by molar-refractivity contribution is 0.0678. The third-order valence-electron chi connectivity index (χ3n) is 6.12. The van der Waals surface area contributed by atoms with Crippen molar-refractivity contribution in [3.8, 4) is 0 Å². The number of aromatic nitrogens is 1. The molecule has 3 heterocycles. The lowest BCUT2D eigenvalue weighted by atomic mass is 9.95. The van der Waals surface area contributed by atoms with Crippen molar-refractivity contribution in [1.29, 1.82) is 0 Å². The molecule has 0 unspecified atom stereocenters. The van der Waals surface area contributed by atoms with Crippen LogP contribution in [0, 0.1) is 5.41 Å². The highest BCUT2D eigenvalue weighted by Gasteiger charge is 2.46. The Morgan fingerprint density at radius 3 is 2.78 bits per heavy atom. The Labute approximate surface area is 189 Å². The smallest absolute Gasteiger partial charge is 0.310 e. The molecule has 0 atom stereocenters. The maximum absolute atomic E-state index is 13.2. The van der Waals surface area contributed by atoms with Crippen molar-refractivity contribution < 1.29 is 22.8 Å². The molecule has 168 valence electrons. The number of rotatable bonds is 5. The van der Waals surface area contributed by atoms with Gasteiger partial charge in [0.2, 0.25) is 0 Å². The standard InChI is InChI=1S/C21H21ClN4O5S/c22-14-9-16(19(23-11-14)26-7-1-4-21(12-26)5-6-21)25-32(29,30)15-3-2-13-8-18(20(27)24-28)31-17(13)10-15/h2-3,8-11,25,28H,1,4-7,12H2,(H,24,27). The number of nitrogens with one attached hydrogen (secondary N) is 2. The van der Waals surface area contributed by atoms with Crippen LogP contribution in [0.5, 0.6) is 0 Å². The summed E-state index contributed by atoms with van der Waals surface area (Å²) < 4.78 is 34.3. The van der Waals surface area contributed by atoms with Crippen molar-refractivity contribution in [3.05, 3.63) is 47.3 Å². The monoisotopic (exact) mass is 476 g/mol. The van der Waals surface area contributed by atoms with Gasteiger partial charge in [-0.1, -0.05) is 11.6 Å². The number of benzene rings is 1. The number of fused-ring (bicyclic) bond motifs is 1. The summed E-state index contributed by atoms with van der Waals surface area (Å²) in [6, 6.07) is 7.24. The molecule has 2 aromatic heterocycles. The van der Waals surface area contributed by atoms with Gasteiger partial charge >= 0.3 is 5.91 Å². The topological polar surface area (TPSA) is 125 Å². The molecule has 2 aliphatic rings. The fourth-order valence-corrected chi connectivity index (χ4v) is 5.51. The lowest BCUT2D eigenvalue weighted by Crippen LogP contribution is -2.37. The molecule has 0 bridgehead atoms. The summed E-state index contributed by atoms with van der Waals surface area (Å²) in [6.07, 6.45) is 6.13. The number of piperidine rings is 1. The average molecular weight is 477 g/mol. The first-order valence-electron chi connectivity index (χ1n) is 10.2. The third kappa shape index (κ3) is 3.89. The van der Waals surface area contributed by atoms with E-state index in [2.05, 4.69) is 14.6 Å². The van der Waals surface area contributed by atoms with Crippen molar-refractivity contribution in [2.45, 2.75) is 30.6 Å². The second-order valence-corrected chi connectivity index (χ2v) is 10.5. The molecule has 1 saturated heterocycles. The van der Waals surface area contributed by atoms with Gasteiger partial charge < -0.3 is 9.32 Å². The third-order valence-corrected chi connectivity index (χ3v) is 7.69. The Balaban J connectivity index is 1.46. The summed E-state index contributed by atoms with van der Waals surface area (Å²) in [5.41, 5.74) is 2.33. The fraction of sp³-hybridized carbons (Fsp3) is 0.333. The van der Waals surface area contributed by atoms with Crippen LogP contribution in [0.2, 0.25) is 5.02 Å². The number of halogens is 1. The van der Waals surface area contributed by atoms with E-state index in [1.807, 2.05) is 0 Å². The number of carbonyl (C=O) groups excluding carboxylic acids is 1. The zero-order valence-electron chi connectivity index (χ0n) is 17.0. The molecule has 32 heavy (non-hydrogen) atoms. The highest BCUT2D eigenvalue weighted by molar-refractivity contribution is 7.92. The molecule has 1 aliphatic carbocycles. The molecule has 0 radical (unpaired) electrons. The largest absolute Gasteiger partial charge is 0.451 e. The van der Waals surface area contributed by atoms with Gasteiger partial charge in [-0.2, -0.15) is 0 Å². The van der Waals surface area contributed by atoms with Gasteiger partial charge in [-0.05, 0) is 55.4 Å². The summed E-state index contributed by atoms with van der Waals surface area (Å²) in [5, 5.41) is 9.62. The quantitative estimate of drug-likeness (QED) is 0.378. The fourth-order valence-electron chi connectivity index (χ4n) is 4.28. The molecule has 5 rings (SSSR count). The van der Waals surface area contributed by atoms with Gasteiger partial charge in [0.1, 0.15) is 5.58 Å². The lowest BCUT2D eigenvalue weighted by Gasteiger charge is -2.34. The Morgan fingerprint density at radius 2 is 2.03 bits per heavy atom. The second kappa shape index (κ2) is 7.65. The van der Waals surface area contributed by atoms with Crippen LogP contribution in [-0.2, 0) is 10.0 Å². The number of anilines is 2. The first-order valence-corrected chi connectivity index (χ1v) is 12.1. The van der Waals surface area contributed by atoms with Gasteiger partial charge in [-0.3, -0.25) is 14.7 Å². The van der Waals surface area contributed by atoms with Crippen LogP contribution in [-0.4, -0.2) is 37.6 Å². The van der Waals surface area contributed by atoms with Crippen LogP contribution in [0.4, 0.5) is 11.5 Å². The molecule has 1 aromatic carbocycles. The van der Waals surface area contributed by atoms with E-state index in [0.717, 1.165) is 19.5 Å². The van der Waals surface area contributed by atoms with Crippen LogP contribution >= 0.6 is 11.6 Å². The van der Waals surface area contributed by atoms with Crippen LogP contribution in [0.3, 0.4) is 0 Å². The number of amides is 1. The number of pyridine rings is 1. The van der Waals surface area contributed by atoms with E-state index < -0.39 is 15.9 Å². The van der Waals surface area contributed by atoms with E-state index in [4.69, 9.17) is 21.2 Å². The van der Waals surface area contributed by atoms with E-state index in [1.165, 1.54) is 55.2 Å². The first kappa shape index (κ1) is 21.0. The molecule has 11 heteroatoms. The molecule has 3 aromatic rings. The molecule has 1 amide bonds. The van der Waals surface area contributed by atoms with Gasteiger partial charge in [0.25, 0.3) is 10.0 Å². The Morgan fingerprint density at radius 1 is 1.22 bits per heavy atom. The number of furan rings is 1. The Hall–Kier alpha value is -2.82. The summed E-state index contributed by atoms with van der Waals surface area (Å²) in [6.45, 7) is 1.66. The minimum atomic E-state index is -4.00.